The highest BCUT2D eigenvalue weighted by atomic mass is 35.5. The summed E-state index contributed by atoms with van der Waals surface area (Å²) in [6, 6.07) is 6.93. The highest BCUT2D eigenvalue weighted by Gasteiger charge is 2.15. The van der Waals surface area contributed by atoms with Gasteiger partial charge in [-0.1, -0.05) is 23.7 Å². The minimum absolute atomic E-state index is 0.339. The molecule has 0 heterocycles. The van der Waals surface area contributed by atoms with Crippen LogP contribution in [0.5, 0.6) is 5.75 Å². The molecule has 1 N–H and O–H groups in total. The summed E-state index contributed by atoms with van der Waals surface area (Å²) in [5.41, 5.74) is -1.06. The first-order valence-electron chi connectivity index (χ1n) is 5.65. The Morgan fingerprint density at radius 2 is 1.75 bits per heavy atom. The standard InChI is InChI=1S/C14H10ClF3O2/c15-14(8-2-1-3-9(16)4-8)20-7-11-12(17)5-10(19)6-13(11)18/h1-6,14,19H,7H2. The monoisotopic (exact) mass is 302 g/mol. The van der Waals surface area contributed by atoms with E-state index in [-0.39, 0.29) is 5.56 Å². The number of hydrogen-bond acceptors (Lipinski definition) is 2. The molecule has 106 valence electrons. The molecular formula is C14H10ClF3O2. The highest BCUT2D eigenvalue weighted by molar-refractivity contribution is 6.19. The Hall–Kier alpha value is -1.72. The molecule has 0 radical (unpaired) electrons. The lowest BCUT2D eigenvalue weighted by Gasteiger charge is -2.12. The molecule has 0 aliphatic heterocycles. The molecule has 0 fully saturated rings. The molecule has 0 aliphatic rings. The van der Waals surface area contributed by atoms with Gasteiger partial charge < -0.3 is 9.84 Å². The molecule has 6 heteroatoms. The fraction of sp³-hybridized carbons (Fsp3) is 0.143. The second-order valence-electron chi connectivity index (χ2n) is 4.07. The van der Waals surface area contributed by atoms with Crippen molar-refractivity contribution in [3.05, 3.63) is 65.0 Å². The van der Waals surface area contributed by atoms with Crippen molar-refractivity contribution in [2.75, 3.05) is 0 Å². The van der Waals surface area contributed by atoms with E-state index in [0.717, 1.165) is 12.1 Å². The summed E-state index contributed by atoms with van der Waals surface area (Å²) >= 11 is 5.88. The summed E-state index contributed by atoms with van der Waals surface area (Å²) in [4.78, 5) is 0. The van der Waals surface area contributed by atoms with E-state index >= 15 is 0 Å². The summed E-state index contributed by atoms with van der Waals surface area (Å²) in [6.07, 6.45) is 0. The Bertz CT molecular complexity index is 596. The van der Waals surface area contributed by atoms with Gasteiger partial charge in [0.15, 0.2) is 5.56 Å². The molecule has 1 atom stereocenters. The number of alkyl halides is 1. The SMILES string of the molecule is Oc1cc(F)c(COC(Cl)c2cccc(F)c2)c(F)c1. The summed E-state index contributed by atoms with van der Waals surface area (Å²) in [6.45, 7) is -0.442. The summed E-state index contributed by atoms with van der Waals surface area (Å²) in [5.74, 6) is -2.88. The first-order chi connectivity index (χ1) is 9.47. The Balaban J connectivity index is 2.09. The van der Waals surface area contributed by atoms with Crippen molar-refractivity contribution in [2.45, 2.75) is 12.2 Å². The van der Waals surface area contributed by atoms with Crippen LogP contribution in [-0.4, -0.2) is 5.11 Å². The van der Waals surface area contributed by atoms with Gasteiger partial charge in [0.2, 0.25) is 0 Å². The summed E-state index contributed by atoms with van der Waals surface area (Å²) in [7, 11) is 0. The smallest absolute Gasteiger partial charge is 0.157 e. The molecule has 2 rings (SSSR count). The molecule has 20 heavy (non-hydrogen) atoms. The third-order valence-corrected chi connectivity index (χ3v) is 2.99. The van der Waals surface area contributed by atoms with Gasteiger partial charge in [0.1, 0.15) is 23.2 Å². The van der Waals surface area contributed by atoms with Crippen LogP contribution in [0.1, 0.15) is 16.7 Å². The first kappa shape index (κ1) is 14.7. The highest BCUT2D eigenvalue weighted by Crippen LogP contribution is 2.26. The zero-order chi connectivity index (χ0) is 14.7. The number of hydrogen-bond donors (Lipinski definition) is 1. The number of benzene rings is 2. The number of aromatic hydroxyl groups is 1. The second-order valence-corrected chi connectivity index (χ2v) is 4.47. The van der Waals surface area contributed by atoms with E-state index in [1.54, 1.807) is 0 Å². The molecule has 0 saturated heterocycles. The van der Waals surface area contributed by atoms with Gasteiger partial charge in [0, 0.05) is 17.7 Å². The van der Waals surface area contributed by atoms with E-state index in [0.29, 0.717) is 5.56 Å². The molecule has 1 unspecified atom stereocenters. The molecular weight excluding hydrogens is 293 g/mol. The van der Waals surface area contributed by atoms with Crippen LogP contribution in [0.25, 0.3) is 0 Å². The van der Waals surface area contributed by atoms with Crippen molar-refractivity contribution in [1.82, 2.24) is 0 Å². The number of phenolic OH excluding ortho intramolecular Hbond substituents is 1. The van der Waals surface area contributed by atoms with E-state index < -0.39 is 35.4 Å². The minimum Gasteiger partial charge on any atom is -0.508 e. The first-order valence-corrected chi connectivity index (χ1v) is 6.09. The Kier molecular flexibility index (Phi) is 4.52. The molecule has 0 saturated carbocycles. The zero-order valence-corrected chi connectivity index (χ0v) is 10.9. The molecule has 0 aromatic heterocycles. The predicted molar refractivity (Wildman–Crippen MR) is 67.8 cm³/mol. The topological polar surface area (TPSA) is 29.5 Å². The van der Waals surface area contributed by atoms with Gasteiger partial charge in [-0.2, -0.15) is 0 Å². The predicted octanol–water partition coefficient (Wildman–Crippen LogP) is 4.26. The molecule has 0 spiro atoms. The van der Waals surface area contributed by atoms with Gasteiger partial charge in [0.25, 0.3) is 0 Å². The van der Waals surface area contributed by atoms with E-state index in [2.05, 4.69) is 0 Å². The van der Waals surface area contributed by atoms with Crippen LogP contribution in [-0.2, 0) is 11.3 Å². The van der Waals surface area contributed by atoms with Gasteiger partial charge >= 0.3 is 0 Å². The second kappa shape index (κ2) is 6.15. The fourth-order valence-corrected chi connectivity index (χ4v) is 1.83. The number of phenols is 1. The fourth-order valence-electron chi connectivity index (χ4n) is 1.63. The lowest BCUT2D eigenvalue weighted by Crippen LogP contribution is -2.03. The quantitative estimate of drug-likeness (QED) is 0.855. The van der Waals surface area contributed by atoms with Gasteiger partial charge in [-0.05, 0) is 17.7 Å². The largest absolute Gasteiger partial charge is 0.508 e. The van der Waals surface area contributed by atoms with E-state index in [9.17, 15) is 13.2 Å². The van der Waals surface area contributed by atoms with Gasteiger partial charge in [-0.25, -0.2) is 13.2 Å². The normalized spacial score (nSPS) is 12.4. The van der Waals surface area contributed by atoms with Crippen molar-refractivity contribution < 1.29 is 23.0 Å². The zero-order valence-electron chi connectivity index (χ0n) is 10.1. The maximum absolute atomic E-state index is 13.4. The van der Waals surface area contributed by atoms with E-state index in [1.807, 2.05) is 0 Å². The lowest BCUT2D eigenvalue weighted by atomic mass is 10.2. The van der Waals surface area contributed by atoms with Crippen LogP contribution in [0.15, 0.2) is 36.4 Å². The maximum Gasteiger partial charge on any atom is 0.157 e. The third kappa shape index (κ3) is 3.43. The van der Waals surface area contributed by atoms with Crippen LogP contribution in [0, 0.1) is 17.5 Å². The number of ether oxygens (including phenoxy) is 1. The average Bonchev–Trinajstić information content (AvgIpc) is 2.37. The Morgan fingerprint density at radius 1 is 1.10 bits per heavy atom. The van der Waals surface area contributed by atoms with Crippen LogP contribution in [0.3, 0.4) is 0 Å². The van der Waals surface area contributed by atoms with Crippen molar-refractivity contribution in [3.63, 3.8) is 0 Å². The summed E-state index contributed by atoms with van der Waals surface area (Å²) in [5, 5.41) is 9.02. The minimum atomic E-state index is -1.04. The summed E-state index contributed by atoms with van der Waals surface area (Å²) < 4.78 is 45.0. The lowest BCUT2D eigenvalue weighted by molar-refractivity contribution is 0.0896. The maximum atomic E-state index is 13.4. The van der Waals surface area contributed by atoms with Crippen LogP contribution < -0.4 is 0 Å². The van der Waals surface area contributed by atoms with E-state index in [1.165, 1.54) is 24.3 Å². The molecule has 2 nitrogen and oxygen atoms in total. The third-order valence-electron chi connectivity index (χ3n) is 2.61. The van der Waals surface area contributed by atoms with E-state index in [4.69, 9.17) is 21.4 Å². The van der Waals surface area contributed by atoms with Gasteiger partial charge in [0.05, 0.1) is 6.61 Å². The average molecular weight is 303 g/mol. The van der Waals surface area contributed by atoms with Crippen molar-refractivity contribution in [3.8, 4) is 5.75 Å². The Labute approximate surface area is 118 Å². The molecule has 0 amide bonds. The van der Waals surface area contributed by atoms with Crippen LogP contribution in [0.2, 0.25) is 0 Å². The molecule has 2 aromatic carbocycles. The molecule has 0 aliphatic carbocycles. The number of halogens is 4. The van der Waals surface area contributed by atoms with Crippen LogP contribution in [0.4, 0.5) is 13.2 Å². The van der Waals surface area contributed by atoms with Crippen molar-refractivity contribution in [1.29, 1.82) is 0 Å². The van der Waals surface area contributed by atoms with Crippen molar-refractivity contribution >= 4 is 11.6 Å². The number of rotatable bonds is 4. The van der Waals surface area contributed by atoms with Gasteiger partial charge in [-0.15, -0.1) is 0 Å². The van der Waals surface area contributed by atoms with Crippen molar-refractivity contribution in [2.24, 2.45) is 0 Å². The molecule has 2 aromatic rings. The molecule has 0 bridgehead atoms. The Morgan fingerprint density at radius 3 is 2.35 bits per heavy atom. The van der Waals surface area contributed by atoms with Crippen LogP contribution >= 0.6 is 11.6 Å². The van der Waals surface area contributed by atoms with Gasteiger partial charge in [-0.3, -0.25) is 0 Å².